The molecule has 0 saturated carbocycles. The van der Waals surface area contributed by atoms with Gasteiger partial charge in [0, 0.05) is 29.2 Å². The van der Waals surface area contributed by atoms with E-state index in [1.807, 2.05) is 19.9 Å². The first kappa shape index (κ1) is 19.4. The number of benzene rings is 1. The maximum absolute atomic E-state index is 11.3. The van der Waals surface area contributed by atoms with E-state index in [1.165, 1.54) is 0 Å². The van der Waals surface area contributed by atoms with Crippen molar-refractivity contribution in [3.63, 3.8) is 0 Å². The number of aromatic nitrogens is 2. The molecule has 1 amide bonds. The first-order chi connectivity index (χ1) is 11.0. The third-order valence-electron chi connectivity index (χ3n) is 2.95. The molecule has 0 spiro atoms. The molecule has 0 saturated heterocycles. The van der Waals surface area contributed by atoms with Gasteiger partial charge in [-0.15, -0.1) is 12.4 Å². The standard InChI is InChI=1S/C16H20N6O.ClH/c1-4-14(23)20-12-5-7-13(8-6-12)21-15(17)22-16-18-10(2)9-11(3)19-16;/h5-9H,4H2,1-3H3,(H,20,23)(H3,17,18,19,21,22);1H. The van der Waals surface area contributed by atoms with Crippen LogP contribution in [0.2, 0.25) is 0 Å². The van der Waals surface area contributed by atoms with Crippen molar-refractivity contribution in [2.75, 3.05) is 10.6 Å². The summed E-state index contributed by atoms with van der Waals surface area (Å²) in [5.74, 6) is 0.485. The Hall–Kier alpha value is -2.67. The molecule has 1 aromatic carbocycles. The van der Waals surface area contributed by atoms with Gasteiger partial charge in [0.15, 0.2) is 0 Å². The fourth-order valence-corrected chi connectivity index (χ4v) is 1.93. The molecule has 0 fully saturated rings. The zero-order valence-electron chi connectivity index (χ0n) is 13.8. The largest absolute Gasteiger partial charge is 0.369 e. The summed E-state index contributed by atoms with van der Waals surface area (Å²) in [6, 6.07) is 9.05. The highest BCUT2D eigenvalue weighted by atomic mass is 35.5. The normalized spacial score (nSPS) is 10.7. The van der Waals surface area contributed by atoms with Crippen LogP contribution < -0.4 is 16.4 Å². The topological polar surface area (TPSA) is 105 Å². The lowest BCUT2D eigenvalue weighted by Gasteiger charge is -2.07. The van der Waals surface area contributed by atoms with E-state index in [2.05, 4.69) is 25.6 Å². The first-order valence-electron chi connectivity index (χ1n) is 7.29. The Morgan fingerprint density at radius 3 is 2.08 bits per heavy atom. The number of nitrogens with one attached hydrogen (secondary N) is 2. The molecule has 0 bridgehead atoms. The predicted octanol–water partition coefficient (Wildman–Crippen LogP) is 2.92. The van der Waals surface area contributed by atoms with Gasteiger partial charge in [0.05, 0.1) is 0 Å². The van der Waals surface area contributed by atoms with Crippen LogP contribution in [-0.4, -0.2) is 21.8 Å². The molecule has 7 nitrogen and oxygen atoms in total. The van der Waals surface area contributed by atoms with Crippen molar-refractivity contribution < 1.29 is 4.79 Å². The van der Waals surface area contributed by atoms with Gasteiger partial charge in [0.2, 0.25) is 11.9 Å². The SMILES string of the molecule is CCC(=O)Nc1ccc(NC(N)=Nc2nc(C)cc(C)n2)cc1.Cl. The number of hydrogen-bond acceptors (Lipinski definition) is 4. The second kappa shape index (κ2) is 8.83. The zero-order chi connectivity index (χ0) is 16.8. The van der Waals surface area contributed by atoms with Gasteiger partial charge in [-0.3, -0.25) is 4.79 Å². The second-order valence-corrected chi connectivity index (χ2v) is 5.05. The monoisotopic (exact) mass is 348 g/mol. The smallest absolute Gasteiger partial charge is 0.253 e. The molecule has 0 aliphatic rings. The van der Waals surface area contributed by atoms with Gasteiger partial charge in [0.1, 0.15) is 0 Å². The van der Waals surface area contributed by atoms with E-state index >= 15 is 0 Å². The number of hydrogen-bond donors (Lipinski definition) is 3. The van der Waals surface area contributed by atoms with Crippen molar-refractivity contribution in [3.8, 4) is 0 Å². The van der Waals surface area contributed by atoms with E-state index < -0.39 is 0 Å². The first-order valence-corrected chi connectivity index (χ1v) is 7.29. The Kier molecular flexibility index (Phi) is 7.13. The number of aryl methyl sites for hydroxylation is 2. The van der Waals surface area contributed by atoms with Crippen molar-refractivity contribution in [1.82, 2.24) is 9.97 Å². The summed E-state index contributed by atoms with van der Waals surface area (Å²) in [5.41, 5.74) is 9.02. The highest BCUT2D eigenvalue weighted by molar-refractivity contribution is 5.94. The number of rotatable bonds is 4. The summed E-state index contributed by atoms with van der Waals surface area (Å²) < 4.78 is 0. The summed E-state index contributed by atoms with van der Waals surface area (Å²) in [6.45, 7) is 5.55. The Morgan fingerprint density at radius 1 is 1.08 bits per heavy atom. The number of nitrogens with zero attached hydrogens (tertiary/aromatic N) is 3. The molecule has 0 aliphatic carbocycles. The van der Waals surface area contributed by atoms with E-state index in [0.29, 0.717) is 12.4 Å². The molecular formula is C16H21ClN6O. The highest BCUT2D eigenvalue weighted by Crippen LogP contribution is 2.14. The summed E-state index contributed by atoms with van der Waals surface area (Å²) in [7, 11) is 0. The van der Waals surface area contributed by atoms with Crippen LogP contribution in [-0.2, 0) is 4.79 Å². The summed E-state index contributed by atoms with van der Waals surface area (Å²) >= 11 is 0. The minimum atomic E-state index is -0.0289. The number of carbonyl (C=O) groups excluding carboxylic acids is 1. The average Bonchev–Trinajstić information content (AvgIpc) is 2.48. The van der Waals surface area contributed by atoms with Gasteiger partial charge in [-0.1, -0.05) is 6.92 Å². The Morgan fingerprint density at radius 2 is 1.58 bits per heavy atom. The number of amides is 1. The Labute approximate surface area is 147 Å². The number of halogens is 1. The zero-order valence-corrected chi connectivity index (χ0v) is 14.6. The number of guanidine groups is 1. The van der Waals surface area contributed by atoms with Gasteiger partial charge in [0.25, 0.3) is 5.95 Å². The van der Waals surface area contributed by atoms with Crippen LogP contribution >= 0.6 is 12.4 Å². The van der Waals surface area contributed by atoms with E-state index in [0.717, 1.165) is 22.8 Å². The molecular weight excluding hydrogens is 328 g/mol. The van der Waals surface area contributed by atoms with Crippen molar-refractivity contribution in [2.45, 2.75) is 27.2 Å². The lowest BCUT2D eigenvalue weighted by Crippen LogP contribution is -2.22. The van der Waals surface area contributed by atoms with Crippen molar-refractivity contribution in [2.24, 2.45) is 10.7 Å². The van der Waals surface area contributed by atoms with Crippen LogP contribution in [0.4, 0.5) is 17.3 Å². The molecule has 0 aliphatic heterocycles. The Balaban J connectivity index is 0.00000288. The fourth-order valence-electron chi connectivity index (χ4n) is 1.93. The van der Waals surface area contributed by atoms with Crippen LogP contribution in [0.3, 0.4) is 0 Å². The van der Waals surface area contributed by atoms with E-state index in [-0.39, 0.29) is 24.3 Å². The molecule has 0 radical (unpaired) electrons. The van der Waals surface area contributed by atoms with Crippen LogP contribution in [0, 0.1) is 13.8 Å². The van der Waals surface area contributed by atoms with Crippen molar-refractivity contribution in [1.29, 1.82) is 0 Å². The number of aliphatic imine (C=N–C) groups is 1. The maximum atomic E-state index is 11.3. The van der Waals surface area contributed by atoms with Crippen LogP contribution in [0.15, 0.2) is 35.3 Å². The molecule has 1 heterocycles. The Bertz CT molecular complexity index is 710. The van der Waals surface area contributed by atoms with E-state index in [9.17, 15) is 4.79 Å². The molecule has 128 valence electrons. The highest BCUT2D eigenvalue weighted by Gasteiger charge is 2.02. The number of anilines is 2. The molecule has 2 rings (SSSR count). The predicted molar refractivity (Wildman–Crippen MR) is 99.0 cm³/mol. The lowest BCUT2D eigenvalue weighted by molar-refractivity contribution is -0.115. The molecule has 0 unspecified atom stereocenters. The van der Waals surface area contributed by atoms with Crippen molar-refractivity contribution in [3.05, 3.63) is 41.7 Å². The summed E-state index contributed by atoms with van der Waals surface area (Å²) in [4.78, 5) is 23.9. The second-order valence-electron chi connectivity index (χ2n) is 5.05. The maximum Gasteiger partial charge on any atom is 0.253 e. The molecule has 2 aromatic rings. The fraction of sp³-hybridized carbons (Fsp3) is 0.250. The molecule has 24 heavy (non-hydrogen) atoms. The van der Waals surface area contributed by atoms with Crippen LogP contribution in [0.1, 0.15) is 24.7 Å². The molecule has 8 heteroatoms. The third-order valence-corrected chi connectivity index (χ3v) is 2.95. The molecule has 1 aromatic heterocycles. The molecule has 0 atom stereocenters. The molecule has 4 N–H and O–H groups in total. The number of carbonyl (C=O) groups is 1. The quantitative estimate of drug-likeness (QED) is 0.582. The van der Waals surface area contributed by atoms with Crippen molar-refractivity contribution >= 4 is 41.6 Å². The van der Waals surface area contributed by atoms with Gasteiger partial charge >= 0.3 is 0 Å². The summed E-state index contributed by atoms with van der Waals surface area (Å²) in [6.07, 6.45) is 0.440. The van der Waals surface area contributed by atoms with Gasteiger partial charge in [-0.25, -0.2) is 9.97 Å². The minimum Gasteiger partial charge on any atom is -0.369 e. The van der Waals surface area contributed by atoms with Gasteiger partial charge in [-0.2, -0.15) is 4.99 Å². The lowest BCUT2D eigenvalue weighted by atomic mass is 10.2. The average molecular weight is 349 g/mol. The minimum absolute atomic E-state index is 0. The number of nitrogens with two attached hydrogens (primary N) is 1. The van der Waals surface area contributed by atoms with E-state index in [1.54, 1.807) is 31.2 Å². The summed E-state index contributed by atoms with van der Waals surface area (Å²) in [5, 5.41) is 5.74. The van der Waals surface area contributed by atoms with Crippen LogP contribution in [0.25, 0.3) is 0 Å². The van der Waals surface area contributed by atoms with Gasteiger partial charge in [-0.05, 0) is 44.2 Å². The van der Waals surface area contributed by atoms with Crippen LogP contribution in [0.5, 0.6) is 0 Å². The third kappa shape index (κ3) is 5.85. The van der Waals surface area contributed by atoms with E-state index in [4.69, 9.17) is 5.73 Å². The van der Waals surface area contributed by atoms with Gasteiger partial charge < -0.3 is 16.4 Å².